The monoisotopic (exact) mass is 311 g/mol. The van der Waals surface area contributed by atoms with Crippen molar-refractivity contribution in [2.45, 2.75) is 19.4 Å². The van der Waals surface area contributed by atoms with Crippen LogP contribution in [0.4, 0.5) is 0 Å². The molecule has 0 saturated carbocycles. The molecule has 0 saturated heterocycles. The van der Waals surface area contributed by atoms with Gasteiger partial charge in [-0.2, -0.15) is 0 Å². The fraction of sp³-hybridized carbons (Fsp3) is 0.263. The Morgan fingerprint density at radius 1 is 1.17 bits per heavy atom. The molecule has 0 bridgehead atoms. The van der Waals surface area contributed by atoms with Crippen molar-refractivity contribution in [3.63, 3.8) is 0 Å². The van der Waals surface area contributed by atoms with Crippen molar-refractivity contribution in [3.05, 3.63) is 65.2 Å². The fourth-order valence-electron chi connectivity index (χ4n) is 2.23. The molecule has 0 N–H and O–H groups in total. The van der Waals surface area contributed by atoms with E-state index in [1.165, 1.54) is 12.7 Å². The van der Waals surface area contributed by atoms with E-state index < -0.39 is 0 Å². The van der Waals surface area contributed by atoms with E-state index in [9.17, 15) is 4.79 Å². The highest BCUT2D eigenvalue weighted by Crippen LogP contribution is 2.15. The largest absolute Gasteiger partial charge is 0.497 e. The highest BCUT2D eigenvalue weighted by Gasteiger charge is 2.04. The van der Waals surface area contributed by atoms with Crippen molar-refractivity contribution in [1.82, 2.24) is 0 Å². The first-order chi connectivity index (χ1) is 11.1. The zero-order valence-corrected chi connectivity index (χ0v) is 13.7. The van der Waals surface area contributed by atoms with E-state index in [-0.39, 0.29) is 12.0 Å². The molecule has 2 rings (SSSR count). The lowest BCUT2D eigenvalue weighted by molar-refractivity contribution is 0.0600. The van der Waals surface area contributed by atoms with Gasteiger partial charge >= 0.3 is 5.97 Å². The normalized spacial score (nSPS) is 12.1. The van der Waals surface area contributed by atoms with Gasteiger partial charge in [-0.15, -0.1) is 0 Å². The first-order valence-corrected chi connectivity index (χ1v) is 7.47. The zero-order chi connectivity index (χ0) is 16.7. The first kappa shape index (κ1) is 16.7. The third kappa shape index (κ3) is 4.95. The second-order valence-corrected chi connectivity index (χ2v) is 5.30. The Balaban J connectivity index is 1.97. The van der Waals surface area contributed by atoms with Gasteiger partial charge in [0.1, 0.15) is 5.75 Å². The molecule has 0 heterocycles. The van der Waals surface area contributed by atoms with Crippen LogP contribution >= 0.6 is 0 Å². The summed E-state index contributed by atoms with van der Waals surface area (Å²) in [6, 6.07) is 15.3. The smallest absolute Gasteiger partial charge is 0.337 e. The Kier molecular flexibility index (Phi) is 5.92. The summed E-state index contributed by atoms with van der Waals surface area (Å²) >= 11 is 0. The van der Waals surface area contributed by atoms with Gasteiger partial charge in [-0.05, 0) is 48.7 Å². The van der Waals surface area contributed by atoms with Crippen LogP contribution in [0.1, 0.15) is 28.4 Å². The van der Waals surface area contributed by atoms with E-state index in [0.29, 0.717) is 5.56 Å². The van der Waals surface area contributed by atoms with E-state index in [1.807, 2.05) is 36.5 Å². The Morgan fingerprint density at radius 3 is 2.57 bits per heavy atom. The SMILES string of the molecule is COC(=O)c1ccc(/C=N/[C@@H](C)Cc2cccc(OC)c2)cc1. The topological polar surface area (TPSA) is 47.9 Å². The van der Waals surface area contributed by atoms with Gasteiger partial charge in [0.2, 0.25) is 0 Å². The maximum absolute atomic E-state index is 11.4. The van der Waals surface area contributed by atoms with Crippen LogP contribution in [-0.4, -0.2) is 32.4 Å². The minimum atomic E-state index is -0.333. The average molecular weight is 311 g/mol. The summed E-state index contributed by atoms with van der Waals surface area (Å²) in [6.45, 7) is 2.07. The van der Waals surface area contributed by atoms with Crippen molar-refractivity contribution in [2.24, 2.45) is 4.99 Å². The van der Waals surface area contributed by atoms with Gasteiger partial charge in [0.05, 0.1) is 25.8 Å². The Labute approximate surface area is 136 Å². The first-order valence-electron chi connectivity index (χ1n) is 7.47. The molecule has 0 aliphatic rings. The Bertz CT molecular complexity index is 677. The molecule has 0 aliphatic carbocycles. The Morgan fingerprint density at radius 2 is 1.91 bits per heavy atom. The second-order valence-electron chi connectivity index (χ2n) is 5.30. The predicted molar refractivity (Wildman–Crippen MR) is 91.5 cm³/mol. The van der Waals surface area contributed by atoms with Gasteiger partial charge in [0, 0.05) is 6.21 Å². The number of benzene rings is 2. The summed E-state index contributed by atoms with van der Waals surface area (Å²) in [5.41, 5.74) is 2.68. The summed E-state index contributed by atoms with van der Waals surface area (Å²) in [6.07, 6.45) is 2.67. The summed E-state index contributed by atoms with van der Waals surface area (Å²) in [7, 11) is 3.04. The number of ether oxygens (including phenoxy) is 2. The number of methoxy groups -OCH3 is 2. The molecule has 23 heavy (non-hydrogen) atoms. The molecule has 0 fully saturated rings. The molecule has 0 aromatic heterocycles. The molecular formula is C19H21NO3. The van der Waals surface area contributed by atoms with Gasteiger partial charge in [-0.25, -0.2) is 4.79 Å². The number of aliphatic imine (C=N–C) groups is 1. The molecule has 0 radical (unpaired) electrons. The summed E-state index contributed by atoms with van der Waals surface area (Å²) in [5, 5.41) is 0. The Hall–Kier alpha value is -2.62. The summed E-state index contributed by atoms with van der Waals surface area (Å²) in [5.74, 6) is 0.525. The highest BCUT2D eigenvalue weighted by molar-refractivity contribution is 5.90. The van der Waals surface area contributed by atoms with Crippen molar-refractivity contribution >= 4 is 12.2 Å². The molecule has 0 unspecified atom stereocenters. The zero-order valence-electron chi connectivity index (χ0n) is 13.7. The lowest BCUT2D eigenvalue weighted by Crippen LogP contribution is -2.04. The van der Waals surface area contributed by atoms with E-state index in [2.05, 4.69) is 22.7 Å². The maximum Gasteiger partial charge on any atom is 0.337 e. The van der Waals surface area contributed by atoms with Crippen LogP contribution in [0.2, 0.25) is 0 Å². The molecule has 4 nitrogen and oxygen atoms in total. The van der Waals surface area contributed by atoms with Crippen LogP contribution in [0.3, 0.4) is 0 Å². The fourth-order valence-corrected chi connectivity index (χ4v) is 2.23. The summed E-state index contributed by atoms with van der Waals surface area (Å²) in [4.78, 5) is 15.9. The minimum Gasteiger partial charge on any atom is -0.497 e. The number of esters is 1. The van der Waals surface area contributed by atoms with Crippen molar-refractivity contribution in [1.29, 1.82) is 0 Å². The van der Waals surface area contributed by atoms with Crippen LogP contribution in [0.5, 0.6) is 5.75 Å². The second kappa shape index (κ2) is 8.13. The quantitative estimate of drug-likeness (QED) is 0.605. The van der Waals surface area contributed by atoms with Crippen molar-refractivity contribution in [3.8, 4) is 5.75 Å². The number of hydrogen-bond acceptors (Lipinski definition) is 4. The summed E-state index contributed by atoms with van der Waals surface area (Å²) < 4.78 is 9.91. The van der Waals surface area contributed by atoms with Crippen LogP contribution in [-0.2, 0) is 11.2 Å². The molecule has 2 aromatic rings. The van der Waals surface area contributed by atoms with Crippen molar-refractivity contribution in [2.75, 3.05) is 14.2 Å². The van der Waals surface area contributed by atoms with Gasteiger partial charge in [0.15, 0.2) is 0 Å². The maximum atomic E-state index is 11.4. The number of hydrogen-bond donors (Lipinski definition) is 0. The number of carbonyl (C=O) groups is 1. The molecule has 0 spiro atoms. The lowest BCUT2D eigenvalue weighted by Gasteiger charge is -2.08. The molecular weight excluding hydrogens is 290 g/mol. The van der Waals surface area contributed by atoms with Gasteiger partial charge in [-0.3, -0.25) is 4.99 Å². The van der Waals surface area contributed by atoms with E-state index in [4.69, 9.17) is 4.74 Å². The third-order valence-electron chi connectivity index (χ3n) is 3.48. The number of nitrogens with zero attached hydrogens (tertiary/aromatic N) is 1. The van der Waals surface area contributed by atoms with Gasteiger partial charge in [0.25, 0.3) is 0 Å². The van der Waals surface area contributed by atoms with Crippen LogP contribution in [0.25, 0.3) is 0 Å². The van der Waals surface area contributed by atoms with Crippen LogP contribution < -0.4 is 4.74 Å². The van der Waals surface area contributed by atoms with E-state index in [1.54, 1.807) is 19.2 Å². The third-order valence-corrected chi connectivity index (χ3v) is 3.48. The van der Waals surface area contributed by atoms with Gasteiger partial charge in [-0.1, -0.05) is 24.3 Å². The lowest BCUT2D eigenvalue weighted by atomic mass is 10.1. The standard InChI is InChI=1S/C19H21NO3/c1-14(11-16-5-4-6-18(12-16)22-2)20-13-15-7-9-17(10-8-15)19(21)23-3/h4-10,12-14H,11H2,1-3H3/b20-13+/t14-/m0/s1. The molecule has 4 heteroatoms. The molecule has 0 amide bonds. The van der Waals surface area contributed by atoms with Crippen LogP contribution in [0.15, 0.2) is 53.5 Å². The molecule has 120 valence electrons. The van der Waals surface area contributed by atoms with E-state index in [0.717, 1.165) is 17.7 Å². The van der Waals surface area contributed by atoms with Crippen molar-refractivity contribution < 1.29 is 14.3 Å². The van der Waals surface area contributed by atoms with Gasteiger partial charge < -0.3 is 9.47 Å². The number of carbonyl (C=O) groups excluding carboxylic acids is 1. The van der Waals surface area contributed by atoms with Crippen LogP contribution in [0, 0.1) is 0 Å². The highest BCUT2D eigenvalue weighted by atomic mass is 16.5. The average Bonchev–Trinajstić information content (AvgIpc) is 2.60. The molecule has 0 aliphatic heterocycles. The number of rotatable bonds is 6. The molecule has 1 atom stereocenters. The molecule has 2 aromatic carbocycles. The predicted octanol–water partition coefficient (Wildman–Crippen LogP) is 3.53. The minimum absolute atomic E-state index is 0.155. The van der Waals surface area contributed by atoms with E-state index >= 15 is 0 Å².